The Morgan fingerprint density at radius 3 is 1.76 bits per heavy atom. The molecule has 5 aromatic carbocycles. The number of likely N-dealkylation sites (N-methyl/N-ethyl adjacent to an activating group) is 2. The van der Waals surface area contributed by atoms with Crippen LogP contribution in [0.1, 0.15) is 61.4 Å². The van der Waals surface area contributed by atoms with Gasteiger partial charge in [-0.2, -0.15) is 0 Å². The lowest BCUT2D eigenvalue weighted by Crippen LogP contribution is -2.41. The van der Waals surface area contributed by atoms with Crippen molar-refractivity contribution in [3.8, 4) is 17.2 Å². The molecule has 0 saturated heterocycles. The van der Waals surface area contributed by atoms with E-state index in [1.54, 1.807) is 20.3 Å². The minimum atomic E-state index is -0.272. The standard InChI is InChI=1S/C56H65N5O10/c1-37-24-45-49(57(2)33-43-28-40-12-7-9-14-47(40)60(43)55(45)63)31-51(37)70-35-38-25-39(27-42(26-38)59(17-11-16-54(62)67-6)18-19-68-22-23-69-21-20-65-4)36-71-53-32-50-46(30-52(53)66-5)56(64)61-44(34-58(50)3)29-41-13-8-10-15-48(41)61/h7-10,12-15,24-27,30-32,43-44H,11,16-23,28-29,33-36H2,1-6H3/t43-,44-/m0/s1. The third kappa shape index (κ3) is 10.6. The normalized spacial score (nSPS) is 16.6. The van der Waals surface area contributed by atoms with E-state index in [4.69, 9.17) is 33.2 Å². The zero-order valence-corrected chi connectivity index (χ0v) is 41.7. The zero-order valence-electron chi connectivity index (χ0n) is 41.7. The van der Waals surface area contributed by atoms with Crippen LogP contribution in [0.25, 0.3) is 0 Å². The van der Waals surface area contributed by atoms with E-state index in [-0.39, 0.29) is 49.5 Å². The fraction of sp³-hybridized carbons (Fsp3) is 0.411. The largest absolute Gasteiger partial charge is 0.493 e. The van der Waals surface area contributed by atoms with E-state index in [9.17, 15) is 14.4 Å². The van der Waals surface area contributed by atoms with Gasteiger partial charge in [-0.15, -0.1) is 0 Å². The van der Waals surface area contributed by atoms with Gasteiger partial charge in [0.2, 0.25) is 0 Å². The van der Waals surface area contributed by atoms with Crippen molar-refractivity contribution in [2.24, 2.45) is 0 Å². The van der Waals surface area contributed by atoms with Crippen LogP contribution >= 0.6 is 0 Å². The molecule has 0 aromatic heterocycles. The Balaban J connectivity index is 0.993. The van der Waals surface area contributed by atoms with Crippen molar-refractivity contribution in [1.82, 2.24) is 0 Å². The number of amides is 2. The molecule has 4 heterocycles. The summed E-state index contributed by atoms with van der Waals surface area (Å²) in [5, 5.41) is 0. The van der Waals surface area contributed by atoms with Crippen LogP contribution < -0.4 is 38.7 Å². The summed E-state index contributed by atoms with van der Waals surface area (Å²) in [6.07, 6.45) is 2.42. The van der Waals surface area contributed by atoms with E-state index < -0.39 is 0 Å². The number of carbonyl (C=O) groups excluding carboxylic acids is 3. The minimum Gasteiger partial charge on any atom is -0.493 e. The quantitative estimate of drug-likeness (QED) is 0.0528. The van der Waals surface area contributed by atoms with Crippen molar-refractivity contribution in [2.75, 3.05) is 119 Å². The van der Waals surface area contributed by atoms with E-state index >= 15 is 0 Å². The van der Waals surface area contributed by atoms with E-state index in [1.165, 1.54) is 18.2 Å². The Hall–Kier alpha value is -6.81. The predicted molar refractivity (Wildman–Crippen MR) is 274 cm³/mol. The van der Waals surface area contributed by atoms with Gasteiger partial charge in [0.25, 0.3) is 11.8 Å². The van der Waals surface area contributed by atoms with Crippen LogP contribution in [0, 0.1) is 6.92 Å². The van der Waals surface area contributed by atoms with Crippen LogP contribution in [0.2, 0.25) is 0 Å². The molecule has 15 nitrogen and oxygen atoms in total. The van der Waals surface area contributed by atoms with Gasteiger partial charge in [-0.05, 0) is 96.5 Å². The van der Waals surface area contributed by atoms with Gasteiger partial charge in [0.15, 0.2) is 11.5 Å². The number of aryl methyl sites for hydroxylation is 1. The van der Waals surface area contributed by atoms with E-state index in [0.717, 1.165) is 58.0 Å². The Bertz CT molecular complexity index is 2750. The molecule has 71 heavy (non-hydrogen) atoms. The summed E-state index contributed by atoms with van der Waals surface area (Å²) in [5.41, 5.74) is 10.6. The second-order valence-corrected chi connectivity index (χ2v) is 18.7. The molecule has 0 aliphatic carbocycles. The van der Waals surface area contributed by atoms with Crippen molar-refractivity contribution < 1.29 is 47.5 Å². The van der Waals surface area contributed by atoms with Gasteiger partial charge in [-0.3, -0.25) is 14.4 Å². The van der Waals surface area contributed by atoms with Gasteiger partial charge >= 0.3 is 5.97 Å². The number of rotatable bonds is 21. The van der Waals surface area contributed by atoms with Gasteiger partial charge in [0, 0.05) is 83.0 Å². The third-order valence-corrected chi connectivity index (χ3v) is 13.9. The number of carbonyl (C=O) groups is 3. The van der Waals surface area contributed by atoms with Crippen molar-refractivity contribution in [3.63, 3.8) is 0 Å². The molecular weight excluding hydrogens is 903 g/mol. The first-order valence-corrected chi connectivity index (χ1v) is 24.5. The van der Waals surface area contributed by atoms with Gasteiger partial charge < -0.3 is 57.7 Å². The first kappa shape index (κ1) is 49.2. The third-order valence-electron chi connectivity index (χ3n) is 13.9. The molecule has 4 aliphatic heterocycles. The first-order valence-electron chi connectivity index (χ1n) is 24.5. The summed E-state index contributed by atoms with van der Waals surface area (Å²) in [5.74, 6) is 1.31. The van der Waals surface area contributed by atoms with Crippen LogP contribution in [0.5, 0.6) is 17.2 Å². The van der Waals surface area contributed by atoms with Gasteiger partial charge in [-0.25, -0.2) is 0 Å². The number of ether oxygens (including phenoxy) is 7. The van der Waals surface area contributed by atoms with Crippen molar-refractivity contribution in [3.05, 3.63) is 130 Å². The van der Waals surface area contributed by atoms with Gasteiger partial charge in [0.05, 0.1) is 81.8 Å². The van der Waals surface area contributed by atoms with Crippen molar-refractivity contribution >= 4 is 46.2 Å². The molecular formula is C56H65N5O10. The average molecular weight is 968 g/mol. The molecule has 0 unspecified atom stereocenters. The highest BCUT2D eigenvalue weighted by Crippen LogP contribution is 2.43. The average Bonchev–Trinajstić information content (AvgIpc) is 3.88. The van der Waals surface area contributed by atoms with Gasteiger partial charge in [0.1, 0.15) is 19.0 Å². The molecule has 15 heteroatoms. The SMILES string of the molecule is COCCOCCOCCN(CCCC(=O)OC)c1cc(COc2cc3c(cc2C)C(=O)N2c4ccccc4C[C@H]2CN3C)cc(COc2cc3c(cc2OC)C(=O)N2c4ccccc4C[C@H]2CN3C)c1. The Morgan fingerprint density at radius 1 is 0.620 bits per heavy atom. The number of hydrogen-bond acceptors (Lipinski definition) is 13. The number of anilines is 5. The minimum absolute atomic E-state index is 0.0000931. The molecule has 0 saturated carbocycles. The molecule has 2 amide bonds. The maximum absolute atomic E-state index is 14.3. The highest BCUT2D eigenvalue weighted by Gasteiger charge is 2.41. The molecule has 5 aromatic rings. The Morgan fingerprint density at radius 2 is 1.17 bits per heavy atom. The van der Waals surface area contributed by atoms with Crippen LogP contribution in [0.4, 0.5) is 28.4 Å². The van der Waals surface area contributed by atoms with Crippen LogP contribution in [-0.4, -0.2) is 125 Å². The molecule has 9 rings (SSSR count). The molecule has 0 N–H and O–H groups in total. The zero-order chi connectivity index (χ0) is 49.6. The van der Waals surface area contributed by atoms with Gasteiger partial charge in [-0.1, -0.05) is 36.4 Å². The van der Waals surface area contributed by atoms with Crippen LogP contribution in [0.3, 0.4) is 0 Å². The summed E-state index contributed by atoms with van der Waals surface area (Å²) in [4.78, 5) is 51.3. The molecule has 4 aliphatic rings. The first-order chi connectivity index (χ1) is 34.5. The highest BCUT2D eigenvalue weighted by molar-refractivity contribution is 6.13. The Labute approximate surface area is 416 Å². The molecule has 0 radical (unpaired) electrons. The van der Waals surface area contributed by atoms with Crippen molar-refractivity contribution in [2.45, 2.75) is 57.9 Å². The lowest BCUT2D eigenvalue weighted by Gasteiger charge is -2.26. The predicted octanol–water partition coefficient (Wildman–Crippen LogP) is 7.64. The summed E-state index contributed by atoms with van der Waals surface area (Å²) >= 11 is 0. The molecule has 0 bridgehead atoms. The summed E-state index contributed by atoms with van der Waals surface area (Å²) < 4.78 is 41.0. The Kier molecular flexibility index (Phi) is 15.3. The number of hydrogen-bond donors (Lipinski definition) is 0. The number of methoxy groups -OCH3 is 3. The summed E-state index contributed by atoms with van der Waals surface area (Å²) in [7, 11) is 8.69. The maximum atomic E-state index is 14.3. The topological polar surface area (TPSA) is 132 Å². The summed E-state index contributed by atoms with van der Waals surface area (Å²) in [6.45, 7) is 7.12. The smallest absolute Gasteiger partial charge is 0.305 e. The number of fused-ring (bicyclic) bond motifs is 8. The monoisotopic (exact) mass is 967 g/mol. The fourth-order valence-corrected chi connectivity index (χ4v) is 10.4. The number of nitrogens with zero attached hydrogens (tertiary/aromatic N) is 5. The molecule has 2 atom stereocenters. The number of esters is 1. The van der Waals surface area contributed by atoms with Crippen molar-refractivity contribution in [1.29, 1.82) is 0 Å². The van der Waals surface area contributed by atoms with Crippen LogP contribution in [0.15, 0.2) is 91.0 Å². The number of para-hydroxylation sites is 2. The lowest BCUT2D eigenvalue weighted by molar-refractivity contribution is -0.140. The van der Waals surface area contributed by atoms with Crippen LogP contribution in [-0.2, 0) is 49.8 Å². The summed E-state index contributed by atoms with van der Waals surface area (Å²) in [6, 6.07) is 30.2. The van der Waals surface area contributed by atoms with E-state index in [0.29, 0.717) is 94.0 Å². The van der Waals surface area contributed by atoms with E-state index in [1.807, 2.05) is 85.4 Å². The highest BCUT2D eigenvalue weighted by atomic mass is 16.5. The van der Waals surface area contributed by atoms with E-state index in [2.05, 4.69) is 45.0 Å². The maximum Gasteiger partial charge on any atom is 0.305 e. The second kappa shape index (κ2) is 22.1. The lowest BCUT2D eigenvalue weighted by atomic mass is 10.1. The molecule has 374 valence electrons. The molecule has 0 spiro atoms. The molecule has 0 fully saturated rings. The number of benzene rings is 5. The second-order valence-electron chi connectivity index (χ2n) is 18.7. The fourth-order valence-electron chi connectivity index (χ4n) is 10.4.